The minimum absolute atomic E-state index is 0.196. The number of halogens is 3. The number of alkyl halides is 3. The summed E-state index contributed by atoms with van der Waals surface area (Å²) in [6.45, 7) is 4.42. The first-order valence-corrected chi connectivity index (χ1v) is 9.01. The van der Waals surface area contributed by atoms with Crippen LogP contribution in [0, 0.1) is 0 Å². The molecule has 6 heteroatoms. The average molecular weight is 378 g/mol. The van der Waals surface area contributed by atoms with Crippen LogP contribution in [0.5, 0.6) is 17.2 Å². The predicted octanol–water partition coefficient (Wildman–Crippen LogP) is 5.23. The van der Waals surface area contributed by atoms with Gasteiger partial charge >= 0.3 is 6.18 Å². The van der Waals surface area contributed by atoms with Crippen LogP contribution >= 0.6 is 0 Å². The standard InChI is InChI=1S/C21H21F3O3/c1-20(2)8-7-16-18(27-20)6-3-12-9-13(11-26-19(12)16)15-5-4-14(10-17(15)25)21(22,23)24/h3-6,10,13,25H,7-9,11H2,1-2H3. The molecule has 0 amide bonds. The highest BCUT2D eigenvalue weighted by molar-refractivity contribution is 5.53. The second kappa shape index (κ2) is 6.08. The van der Waals surface area contributed by atoms with Crippen molar-refractivity contribution in [2.45, 2.75) is 50.8 Å². The first kappa shape index (κ1) is 18.0. The average Bonchev–Trinajstić information content (AvgIpc) is 2.59. The lowest BCUT2D eigenvalue weighted by Gasteiger charge is -2.35. The van der Waals surface area contributed by atoms with Crippen molar-refractivity contribution in [3.63, 3.8) is 0 Å². The van der Waals surface area contributed by atoms with Gasteiger partial charge < -0.3 is 14.6 Å². The minimum atomic E-state index is -4.47. The van der Waals surface area contributed by atoms with E-state index < -0.39 is 11.7 Å². The summed E-state index contributed by atoms with van der Waals surface area (Å²) < 4.78 is 50.4. The maximum atomic E-state index is 12.8. The zero-order valence-electron chi connectivity index (χ0n) is 15.2. The van der Waals surface area contributed by atoms with Crippen molar-refractivity contribution in [2.75, 3.05) is 6.61 Å². The number of fused-ring (bicyclic) bond motifs is 3. The van der Waals surface area contributed by atoms with E-state index in [2.05, 4.69) is 13.8 Å². The predicted molar refractivity (Wildman–Crippen MR) is 94.5 cm³/mol. The van der Waals surface area contributed by atoms with Crippen LogP contribution in [0.15, 0.2) is 30.3 Å². The van der Waals surface area contributed by atoms with Gasteiger partial charge in [-0.1, -0.05) is 12.1 Å². The number of rotatable bonds is 1. The molecule has 4 rings (SSSR count). The molecule has 0 fully saturated rings. The molecule has 2 aromatic rings. The van der Waals surface area contributed by atoms with E-state index >= 15 is 0 Å². The molecule has 0 radical (unpaired) electrons. The van der Waals surface area contributed by atoms with Crippen LogP contribution in [0.1, 0.15) is 48.4 Å². The Morgan fingerprint density at radius 1 is 1.15 bits per heavy atom. The summed E-state index contributed by atoms with van der Waals surface area (Å²) in [7, 11) is 0. The number of phenolic OH excluding ortho intramolecular Hbond substituents is 1. The van der Waals surface area contributed by atoms with Crippen LogP contribution in [-0.2, 0) is 19.0 Å². The smallest absolute Gasteiger partial charge is 0.416 e. The Labute approximate surface area is 155 Å². The summed E-state index contributed by atoms with van der Waals surface area (Å²) in [4.78, 5) is 0. The molecule has 144 valence electrons. The summed E-state index contributed by atoms with van der Waals surface area (Å²) in [5, 5.41) is 10.1. The molecule has 0 saturated carbocycles. The number of hydrogen-bond acceptors (Lipinski definition) is 3. The molecule has 2 aromatic carbocycles. The zero-order valence-corrected chi connectivity index (χ0v) is 15.2. The molecule has 27 heavy (non-hydrogen) atoms. The molecule has 1 unspecified atom stereocenters. The summed E-state index contributed by atoms with van der Waals surface area (Å²) in [5.74, 6) is 1.12. The first-order chi connectivity index (χ1) is 12.6. The SMILES string of the molecule is CC1(C)CCc2c(ccc3c2OCC(c2ccc(C(F)(F)F)cc2O)C3)O1. The largest absolute Gasteiger partial charge is 0.508 e. The number of benzene rings is 2. The third-order valence-corrected chi connectivity index (χ3v) is 5.36. The number of hydrogen-bond donors (Lipinski definition) is 1. The lowest BCUT2D eigenvalue weighted by atomic mass is 9.86. The van der Waals surface area contributed by atoms with Gasteiger partial charge in [-0.3, -0.25) is 0 Å². The second-order valence-corrected chi connectivity index (χ2v) is 7.88. The van der Waals surface area contributed by atoms with E-state index in [1.54, 1.807) is 0 Å². The van der Waals surface area contributed by atoms with Gasteiger partial charge in [-0.25, -0.2) is 0 Å². The Morgan fingerprint density at radius 3 is 2.63 bits per heavy atom. The Morgan fingerprint density at radius 2 is 1.93 bits per heavy atom. The van der Waals surface area contributed by atoms with Crippen molar-refractivity contribution in [1.82, 2.24) is 0 Å². The Kier molecular flexibility index (Phi) is 4.05. The van der Waals surface area contributed by atoms with Crippen molar-refractivity contribution in [3.8, 4) is 17.2 Å². The fourth-order valence-corrected chi connectivity index (χ4v) is 3.88. The topological polar surface area (TPSA) is 38.7 Å². The molecular formula is C21H21F3O3. The van der Waals surface area contributed by atoms with E-state index in [0.717, 1.165) is 47.6 Å². The molecule has 0 saturated heterocycles. The van der Waals surface area contributed by atoms with E-state index in [1.165, 1.54) is 6.07 Å². The van der Waals surface area contributed by atoms with Crippen LogP contribution in [0.25, 0.3) is 0 Å². The van der Waals surface area contributed by atoms with Gasteiger partial charge in [0.05, 0.1) is 12.2 Å². The molecule has 1 atom stereocenters. The third kappa shape index (κ3) is 3.33. The third-order valence-electron chi connectivity index (χ3n) is 5.36. The minimum Gasteiger partial charge on any atom is -0.508 e. The van der Waals surface area contributed by atoms with Crippen LogP contribution < -0.4 is 9.47 Å². The molecule has 2 aliphatic heterocycles. The van der Waals surface area contributed by atoms with Gasteiger partial charge in [0.2, 0.25) is 0 Å². The zero-order chi connectivity index (χ0) is 19.4. The maximum Gasteiger partial charge on any atom is 0.416 e. The van der Waals surface area contributed by atoms with Gasteiger partial charge in [-0.2, -0.15) is 13.2 Å². The number of ether oxygens (including phenoxy) is 2. The van der Waals surface area contributed by atoms with Crippen LogP contribution in [-0.4, -0.2) is 17.3 Å². The number of phenols is 1. The highest BCUT2D eigenvalue weighted by atomic mass is 19.4. The van der Waals surface area contributed by atoms with Crippen molar-refractivity contribution in [3.05, 3.63) is 52.6 Å². The van der Waals surface area contributed by atoms with Gasteiger partial charge in [-0.05, 0) is 56.9 Å². The molecule has 0 aromatic heterocycles. The summed E-state index contributed by atoms with van der Waals surface area (Å²) in [6, 6.07) is 7.03. The molecule has 2 heterocycles. The van der Waals surface area contributed by atoms with Crippen LogP contribution in [0.3, 0.4) is 0 Å². The Bertz CT molecular complexity index is 887. The van der Waals surface area contributed by atoms with Gasteiger partial charge in [0, 0.05) is 17.0 Å². The monoisotopic (exact) mass is 378 g/mol. The second-order valence-electron chi connectivity index (χ2n) is 7.88. The van der Waals surface area contributed by atoms with Crippen molar-refractivity contribution >= 4 is 0 Å². The van der Waals surface area contributed by atoms with Gasteiger partial charge in [0.25, 0.3) is 0 Å². The quantitative estimate of drug-likeness (QED) is 0.738. The van der Waals surface area contributed by atoms with Gasteiger partial charge in [-0.15, -0.1) is 0 Å². The van der Waals surface area contributed by atoms with E-state index in [1.807, 2.05) is 12.1 Å². The summed E-state index contributed by atoms with van der Waals surface area (Å²) in [5.41, 5.74) is 1.47. The number of aromatic hydroxyl groups is 1. The first-order valence-electron chi connectivity index (χ1n) is 9.01. The van der Waals surface area contributed by atoms with E-state index in [4.69, 9.17) is 9.47 Å². The Hall–Kier alpha value is -2.37. The Balaban J connectivity index is 1.61. The van der Waals surface area contributed by atoms with Crippen LogP contribution in [0.2, 0.25) is 0 Å². The van der Waals surface area contributed by atoms with E-state index in [9.17, 15) is 18.3 Å². The van der Waals surface area contributed by atoms with Crippen molar-refractivity contribution in [2.24, 2.45) is 0 Å². The van der Waals surface area contributed by atoms with E-state index in [-0.39, 0.29) is 17.3 Å². The fourth-order valence-electron chi connectivity index (χ4n) is 3.88. The lowest BCUT2D eigenvalue weighted by molar-refractivity contribution is -0.137. The normalized spacial score (nSPS) is 20.9. The lowest BCUT2D eigenvalue weighted by Crippen LogP contribution is -2.33. The van der Waals surface area contributed by atoms with Crippen LogP contribution in [0.4, 0.5) is 13.2 Å². The van der Waals surface area contributed by atoms with E-state index in [0.29, 0.717) is 18.6 Å². The molecule has 0 bridgehead atoms. The molecule has 0 spiro atoms. The summed E-state index contributed by atoms with van der Waals surface area (Å²) >= 11 is 0. The highest BCUT2D eigenvalue weighted by Gasteiger charge is 2.34. The summed E-state index contributed by atoms with van der Waals surface area (Å²) in [6.07, 6.45) is -2.12. The molecule has 3 nitrogen and oxygen atoms in total. The van der Waals surface area contributed by atoms with Gasteiger partial charge in [0.1, 0.15) is 22.8 Å². The molecule has 0 aliphatic carbocycles. The molecule has 1 N–H and O–H groups in total. The maximum absolute atomic E-state index is 12.8. The van der Waals surface area contributed by atoms with Gasteiger partial charge in [0.15, 0.2) is 0 Å². The fraction of sp³-hybridized carbons (Fsp3) is 0.429. The molecular weight excluding hydrogens is 357 g/mol. The highest BCUT2D eigenvalue weighted by Crippen LogP contribution is 2.45. The van der Waals surface area contributed by atoms with Crippen molar-refractivity contribution in [1.29, 1.82) is 0 Å². The van der Waals surface area contributed by atoms with Crippen molar-refractivity contribution < 1.29 is 27.8 Å². The molecule has 2 aliphatic rings.